The fourth-order valence-corrected chi connectivity index (χ4v) is 2.91. The van der Waals surface area contributed by atoms with Gasteiger partial charge in [0.25, 0.3) is 0 Å². The van der Waals surface area contributed by atoms with E-state index in [4.69, 9.17) is 23.2 Å². The van der Waals surface area contributed by atoms with E-state index < -0.39 is 0 Å². The molecule has 0 amide bonds. The van der Waals surface area contributed by atoms with Gasteiger partial charge in [-0.05, 0) is 36.8 Å². The molecule has 100 valence electrons. The Balaban J connectivity index is 2.06. The molecule has 1 saturated carbocycles. The van der Waals surface area contributed by atoms with Gasteiger partial charge in [0.2, 0.25) is 5.28 Å². The molecular formula is C12H18Cl2N4. The number of anilines is 1. The van der Waals surface area contributed by atoms with Crippen molar-refractivity contribution in [2.75, 3.05) is 5.32 Å². The van der Waals surface area contributed by atoms with Crippen LogP contribution in [0.25, 0.3) is 0 Å². The molecule has 6 heteroatoms. The molecule has 0 aliphatic heterocycles. The van der Waals surface area contributed by atoms with E-state index in [9.17, 15) is 0 Å². The fourth-order valence-electron chi connectivity index (χ4n) is 2.65. The third-order valence-corrected chi connectivity index (χ3v) is 4.02. The molecule has 1 unspecified atom stereocenters. The van der Waals surface area contributed by atoms with Crippen LogP contribution in [0.5, 0.6) is 0 Å². The summed E-state index contributed by atoms with van der Waals surface area (Å²) in [6.45, 7) is 2.18. The Morgan fingerprint density at radius 1 is 1.22 bits per heavy atom. The highest BCUT2D eigenvalue weighted by Gasteiger charge is 2.23. The van der Waals surface area contributed by atoms with Crippen LogP contribution >= 0.6 is 23.2 Å². The second kappa shape index (κ2) is 6.53. The Kier molecular flexibility index (Phi) is 5.01. The topological polar surface area (TPSA) is 50.7 Å². The summed E-state index contributed by atoms with van der Waals surface area (Å²) in [5, 5.41) is 11.2. The Hall–Kier alpha value is -0.610. The molecule has 0 aromatic carbocycles. The molecule has 0 spiro atoms. The molecule has 1 N–H and O–H groups in total. The van der Waals surface area contributed by atoms with E-state index in [-0.39, 0.29) is 10.4 Å². The molecule has 2 rings (SSSR count). The van der Waals surface area contributed by atoms with Crippen molar-refractivity contribution >= 4 is 29.0 Å². The largest absolute Gasteiger partial charge is 0.364 e. The second-order valence-corrected chi connectivity index (χ2v) is 5.47. The van der Waals surface area contributed by atoms with Crippen LogP contribution in [-0.4, -0.2) is 21.2 Å². The number of nitrogens with zero attached hydrogens (tertiary/aromatic N) is 3. The molecule has 1 aromatic rings. The fraction of sp³-hybridized carbons (Fsp3) is 0.750. The summed E-state index contributed by atoms with van der Waals surface area (Å²) in [5.74, 6) is 1.24. The summed E-state index contributed by atoms with van der Waals surface area (Å²) in [4.78, 5) is 4.10. The molecule has 1 atom stereocenters. The van der Waals surface area contributed by atoms with E-state index in [1.807, 2.05) is 0 Å². The average molecular weight is 289 g/mol. The smallest absolute Gasteiger partial charge is 0.245 e. The first-order valence-corrected chi connectivity index (χ1v) is 7.28. The lowest BCUT2D eigenvalue weighted by Crippen LogP contribution is -2.30. The summed E-state index contributed by atoms with van der Waals surface area (Å²) in [6, 6.07) is 0.385. The quantitative estimate of drug-likeness (QED) is 0.911. The van der Waals surface area contributed by atoms with Crippen molar-refractivity contribution in [2.45, 2.75) is 51.5 Å². The van der Waals surface area contributed by atoms with Crippen molar-refractivity contribution in [3.05, 3.63) is 10.4 Å². The first kappa shape index (κ1) is 13.8. The Labute approximate surface area is 117 Å². The van der Waals surface area contributed by atoms with Crippen molar-refractivity contribution in [1.29, 1.82) is 0 Å². The zero-order valence-corrected chi connectivity index (χ0v) is 12.0. The molecular weight excluding hydrogens is 271 g/mol. The minimum Gasteiger partial charge on any atom is -0.364 e. The maximum Gasteiger partial charge on any atom is 0.245 e. The molecule has 1 aromatic heterocycles. The van der Waals surface area contributed by atoms with E-state index in [1.165, 1.54) is 32.1 Å². The van der Waals surface area contributed by atoms with Crippen LogP contribution in [-0.2, 0) is 0 Å². The zero-order chi connectivity index (χ0) is 13.0. The van der Waals surface area contributed by atoms with Crippen LogP contribution in [0.1, 0.15) is 45.4 Å². The van der Waals surface area contributed by atoms with Gasteiger partial charge in [-0.15, -0.1) is 10.2 Å². The third kappa shape index (κ3) is 3.45. The predicted molar refractivity (Wildman–Crippen MR) is 74.1 cm³/mol. The Morgan fingerprint density at radius 3 is 2.61 bits per heavy atom. The lowest BCUT2D eigenvalue weighted by molar-refractivity contribution is 0.312. The lowest BCUT2D eigenvalue weighted by atomic mass is 9.83. The Morgan fingerprint density at radius 2 is 1.94 bits per heavy atom. The molecule has 1 fully saturated rings. The highest BCUT2D eigenvalue weighted by Crippen LogP contribution is 2.30. The minimum atomic E-state index is 0.125. The van der Waals surface area contributed by atoms with Gasteiger partial charge >= 0.3 is 0 Å². The number of hydrogen-bond donors (Lipinski definition) is 1. The summed E-state index contributed by atoms with van der Waals surface area (Å²) in [7, 11) is 0. The monoisotopic (exact) mass is 288 g/mol. The van der Waals surface area contributed by atoms with Crippen LogP contribution in [0, 0.1) is 5.92 Å². The average Bonchev–Trinajstić information content (AvgIpc) is 2.41. The van der Waals surface area contributed by atoms with Gasteiger partial charge in [0.05, 0.1) is 0 Å². The molecule has 0 saturated heterocycles. The molecule has 1 heterocycles. The maximum atomic E-state index is 5.98. The highest BCUT2D eigenvalue weighted by atomic mass is 35.5. The number of nitrogens with one attached hydrogen (secondary N) is 1. The van der Waals surface area contributed by atoms with Crippen molar-refractivity contribution in [3.63, 3.8) is 0 Å². The van der Waals surface area contributed by atoms with Gasteiger partial charge in [0.1, 0.15) is 0 Å². The van der Waals surface area contributed by atoms with Crippen LogP contribution in [0.3, 0.4) is 0 Å². The van der Waals surface area contributed by atoms with Gasteiger partial charge in [-0.25, -0.2) is 0 Å². The van der Waals surface area contributed by atoms with Gasteiger partial charge < -0.3 is 5.32 Å². The molecule has 1 aliphatic carbocycles. The number of hydrogen-bond acceptors (Lipinski definition) is 4. The molecule has 0 bridgehead atoms. The van der Waals surface area contributed by atoms with Crippen molar-refractivity contribution < 1.29 is 0 Å². The summed E-state index contributed by atoms with van der Waals surface area (Å²) >= 11 is 11.7. The zero-order valence-electron chi connectivity index (χ0n) is 10.5. The van der Waals surface area contributed by atoms with Gasteiger partial charge in [0, 0.05) is 6.04 Å². The summed E-state index contributed by atoms with van der Waals surface area (Å²) < 4.78 is 0. The predicted octanol–water partition coefficient (Wildman–Crippen LogP) is 3.95. The maximum absolute atomic E-state index is 5.98. The van der Waals surface area contributed by atoms with E-state index in [0.717, 1.165) is 6.42 Å². The van der Waals surface area contributed by atoms with E-state index in [1.54, 1.807) is 0 Å². The van der Waals surface area contributed by atoms with Crippen LogP contribution in [0.4, 0.5) is 5.82 Å². The number of rotatable bonds is 4. The molecule has 0 radical (unpaired) electrons. The summed E-state index contributed by atoms with van der Waals surface area (Å²) in [5.41, 5.74) is 0. The molecule has 18 heavy (non-hydrogen) atoms. The highest BCUT2D eigenvalue weighted by molar-refractivity contribution is 6.32. The lowest BCUT2D eigenvalue weighted by Gasteiger charge is -2.30. The van der Waals surface area contributed by atoms with Crippen molar-refractivity contribution in [1.82, 2.24) is 15.2 Å². The van der Waals surface area contributed by atoms with E-state index in [2.05, 4.69) is 27.4 Å². The van der Waals surface area contributed by atoms with Crippen LogP contribution in [0.15, 0.2) is 0 Å². The Bertz CT molecular complexity index is 394. The first-order valence-electron chi connectivity index (χ1n) is 6.53. The summed E-state index contributed by atoms with van der Waals surface area (Å²) in [6.07, 6.45) is 7.58. The van der Waals surface area contributed by atoms with E-state index in [0.29, 0.717) is 17.8 Å². The third-order valence-electron chi connectivity index (χ3n) is 3.60. The van der Waals surface area contributed by atoms with Gasteiger partial charge in [-0.1, -0.05) is 37.8 Å². The van der Waals surface area contributed by atoms with Crippen LogP contribution in [0.2, 0.25) is 10.4 Å². The van der Waals surface area contributed by atoms with Crippen molar-refractivity contribution in [2.24, 2.45) is 5.92 Å². The van der Waals surface area contributed by atoms with Gasteiger partial charge in [-0.3, -0.25) is 0 Å². The van der Waals surface area contributed by atoms with Crippen molar-refractivity contribution in [3.8, 4) is 0 Å². The first-order chi connectivity index (χ1) is 8.70. The normalized spacial score (nSPS) is 18.6. The molecule has 1 aliphatic rings. The number of aromatic nitrogens is 3. The minimum absolute atomic E-state index is 0.125. The van der Waals surface area contributed by atoms with E-state index >= 15 is 0 Å². The van der Waals surface area contributed by atoms with Gasteiger partial charge in [0.15, 0.2) is 11.0 Å². The van der Waals surface area contributed by atoms with Crippen LogP contribution < -0.4 is 5.32 Å². The van der Waals surface area contributed by atoms with Gasteiger partial charge in [-0.2, -0.15) is 4.98 Å². The second-order valence-electron chi connectivity index (χ2n) is 4.78. The SMILES string of the molecule is CCC(Nc1nc(Cl)nnc1Cl)C1CCCCC1. The number of halogens is 2. The molecule has 4 nitrogen and oxygen atoms in total. The standard InChI is InChI=1S/C12H18Cl2N4/c1-2-9(8-6-4-3-5-7-8)15-11-10(13)17-18-12(14)16-11/h8-9H,2-7H2,1H3,(H,15,16,18).